The van der Waals surface area contributed by atoms with Gasteiger partial charge in [-0.2, -0.15) is 0 Å². The Bertz CT molecular complexity index is 515. The number of furan rings is 1. The predicted molar refractivity (Wildman–Crippen MR) is 83.0 cm³/mol. The molecule has 2 rings (SSSR count). The van der Waals surface area contributed by atoms with Crippen LogP contribution in [0, 0.1) is 0 Å². The Hall–Kier alpha value is -1.94. The summed E-state index contributed by atoms with van der Waals surface area (Å²) in [5.74, 6) is 1.68. The van der Waals surface area contributed by atoms with Crippen molar-refractivity contribution in [2.24, 2.45) is 0 Å². The molecule has 0 saturated carbocycles. The molecule has 1 aromatic carbocycles. The van der Waals surface area contributed by atoms with Gasteiger partial charge in [-0.15, -0.1) is 0 Å². The number of rotatable bonds is 8. The number of ether oxygens (including phenoxy) is 2. The Morgan fingerprint density at radius 3 is 2.38 bits per heavy atom. The summed E-state index contributed by atoms with van der Waals surface area (Å²) in [6, 6.07) is 7.98. The molecule has 1 atom stereocenters. The SMILES string of the molecule is CCCNC(Cc1ccoc1)c1c(OC)cccc1OC. The molecule has 1 aromatic heterocycles. The van der Waals surface area contributed by atoms with Gasteiger partial charge in [0.2, 0.25) is 0 Å². The molecule has 0 amide bonds. The summed E-state index contributed by atoms with van der Waals surface area (Å²) < 4.78 is 16.2. The van der Waals surface area contributed by atoms with Gasteiger partial charge in [-0.25, -0.2) is 0 Å². The smallest absolute Gasteiger partial charge is 0.127 e. The normalized spacial score (nSPS) is 12.1. The molecule has 0 saturated heterocycles. The monoisotopic (exact) mass is 289 g/mol. The van der Waals surface area contributed by atoms with Crippen LogP contribution in [0.1, 0.15) is 30.5 Å². The number of benzene rings is 1. The molecule has 4 nitrogen and oxygen atoms in total. The van der Waals surface area contributed by atoms with Crippen LogP contribution in [0.25, 0.3) is 0 Å². The van der Waals surface area contributed by atoms with Crippen molar-refractivity contribution in [1.82, 2.24) is 5.32 Å². The second-order valence-electron chi connectivity index (χ2n) is 4.92. The maximum absolute atomic E-state index is 5.52. The third kappa shape index (κ3) is 3.79. The van der Waals surface area contributed by atoms with Gasteiger partial charge in [-0.3, -0.25) is 0 Å². The molecule has 1 unspecified atom stereocenters. The fraction of sp³-hybridized carbons (Fsp3) is 0.412. The van der Waals surface area contributed by atoms with Gasteiger partial charge >= 0.3 is 0 Å². The Labute approximate surface area is 126 Å². The third-order valence-electron chi connectivity index (χ3n) is 3.48. The molecule has 21 heavy (non-hydrogen) atoms. The molecule has 0 radical (unpaired) electrons. The van der Waals surface area contributed by atoms with Crippen molar-refractivity contribution in [3.05, 3.63) is 47.9 Å². The Kier molecular flexibility index (Phi) is 5.69. The molecule has 0 aliphatic carbocycles. The van der Waals surface area contributed by atoms with E-state index in [-0.39, 0.29) is 6.04 Å². The highest BCUT2D eigenvalue weighted by Crippen LogP contribution is 2.35. The molecular formula is C17H23NO3. The summed E-state index contributed by atoms with van der Waals surface area (Å²) >= 11 is 0. The molecule has 0 fully saturated rings. The van der Waals surface area contributed by atoms with Gasteiger partial charge in [0, 0.05) is 6.04 Å². The number of hydrogen-bond donors (Lipinski definition) is 1. The van der Waals surface area contributed by atoms with E-state index in [0.29, 0.717) is 0 Å². The van der Waals surface area contributed by atoms with E-state index in [0.717, 1.165) is 42.0 Å². The lowest BCUT2D eigenvalue weighted by molar-refractivity contribution is 0.369. The van der Waals surface area contributed by atoms with Gasteiger partial charge in [-0.05, 0) is 43.1 Å². The lowest BCUT2D eigenvalue weighted by Gasteiger charge is -2.23. The summed E-state index contributed by atoms with van der Waals surface area (Å²) in [7, 11) is 3.38. The average Bonchev–Trinajstić information content (AvgIpc) is 3.03. The minimum Gasteiger partial charge on any atom is -0.496 e. The van der Waals surface area contributed by atoms with E-state index in [1.807, 2.05) is 24.3 Å². The van der Waals surface area contributed by atoms with Crippen LogP contribution >= 0.6 is 0 Å². The summed E-state index contributed by atoms with van der Waals surface area (Å²) in [6.45, 7) is 3.09. The van der Waals surface area contributed by atoms with Crippen molar-refractivity contribution < 1.29 is 13.9 Å². The molecule has 2 aromatic rings. The highest BCUT2D eigenvalue weighted by atomic mass is 16.5. The van der Waals surface area contributed by atoms with Crippen LogP contribution in [-0.4, -0.2) is 20.8 Å². The van der Waals surface area contributed by atoms with Crippen LogP contribution in [0.3, 0.4) is 0 Å². The molecule has 0 aliphatic heterocycles. The molecule has 4 heteroatoms. The van der Waals surface area contributed by atoms with Gasteiger partial charge in [-0.1, -0.05) is 13.0 Å². The minimum absolute atomic E-state index is 0.119. The van der Waals surface area contributed by atoms with Crippen molar-refractivity contribution in [2.75, 3.05) is 20.8 Å². The molecule has 0 bridgehead atoms. The first kappa shape index (κ1) is 15.4. The highest BCUT2D eigenvalue weighted by molar-refractivity contribution is 5.47. The molecule has 0 aliphatic rings. The number of hydrogen-bond acceptors (Lipinski definition) is 4. The van der Waals surface area contributed by atoms with Gasteiger partial charge in [0.15, 0.2) is 0 Å². The zero-order valence-electron chi connectivity index (χ0n) is 12.9. The predicted octanol–water partition coefficient (Wildman–Crippen LogP) is 3.58. The van der Waals surface area contributed by atoms with E-state index >= 15 is 0 Å². The Morgan fingerprint density at radius 2 is 1.86 bits per heavy atom. The van der Waals surface area contributed by atoms with Crippen LogP contribution in [0.2, 0.25) is 0 Å². The zero-order valence-corrected chi connectivity index (χ0v) is 12.9. The van der Waals surface area contributed by atoms with E-state index in [9.17, 15) is 0 Å². The minimum atomic E-state index is 0.119. The number of nitrogens with one attached hydrogen (secondary N) is 1. The summed E-state index contributed by atoms with van der Waals surface area (Å²) in [5, 5.41) is 3.57. The maximum Gasteiger partial charge on any atom is 0.127 e. The standard InChI is InChI=1S/C17H23NO3/c1-4-9-18-14(11-13-8-10-21-12-13)17-15(19-2)6-5-7-16(17)20-3/h5-8,10,12,14,18H,4,9,11H2,1-3H3. The van der Waals surface area contributed by atoms with Gasteiger partial charge < -0.3 is 19.2 Å². The second kappa shape index (κ2) is 7.74. The van der Waals surface area contributed by atoms with Crippen LogP contribution < -0.4 is 14.8 Å². The molecular weight excluding hydrogens is 266 g/mol. The van der Waals surface area contributed by atoms with Crippen LogP contribution in [-0.2, 0) is 6.42 Å². The quantitative estimate of drug-likeness (QED) is 0.806. The Morgan fingerprint density at radius 1 is 1.14 bits per heavy atom. The zero-order chi connectivity index (χ0) is 15.1. The van der Waals surface area contributed by atoms with Crippen molar-refractivity contribution >= 4 is 0 Å². The van der Waals surface area contributed by atoms with Crippen LogP contribution in [0.15, 0.2) is 41.2 Å². The van der Waals surface area contributed by atoms with Gasteiger partial charge in [0.1, 0.15) is 11.5 Å². The van der Waals surface area contributed by atoms with Crippen molar-refractivity contribution in [2.45, 2.75) is 25.8 Å². The first-order valence-corrected chi connectivity index (χ1v) is 7.25. The molecule has 114 valence electrons. The van der Waals surface area contributed by atoms with Gasteiger partial charge in [0.25, 0.3) is 0 Å². The van der Waals surface area contributed by atoms with E-state index in [4.69, 9.17) is 13.9 Å². The summed E-state index contributed by atoms with van der Waals surface area (Å²) in [5.41, 5.74) is 2.20. The second-order valence-corrected chi connectivity index (χ2v) is 4.92. The van der Waals surface area contributed by atoms with Crippen molar-refractivity contribution in [3.8, 4) is 11.5 Å². The average molecular weight is 289 g/mol. The summed E-state index contributed by atoms with van der Waals surface area (Å²) in [4.78, 5) is 0. The van der Waals surface area contributed by atoms with E-state index in [1.54, 1.807) is 26.7 Å². The van der Waals surface area contributed by atoms with Crippen molar-refractivity contribution in [3.63, 3.8) is 0 Å². The molecule has 0 spiro atoms. The fourth-order valence-corrected chi connectivity index (χ4v) is 2.46. The van der Waals surface area contributed by atoms with Gasteiger partial charge in [0.05, 0.1) is 32.3 Å². The first-order valence-electron chi connectivity index (χ1n) is 7.25. The molecule has 1 heterocycles. The van der Waals surface area contributed by atoms with Crippen LogP contribution in [0.5, 0.6) is 11.5 Å². The largest absolute Gasteiger partial charge is 0.496 e. The first-order chi connectivity index (χ1) is 10.3. The fourth-order valence-electron chi connectivity index (χ4n) is 2.46. The van der Waals surface area contributed by atoms with Crippen molar-refractivity contribution in [1.29, 1.82) is 0 Å². The lowest BCUT2D eigenvalue weighted by Crippen LogP contribution is -2.25. The van der Waals surface area contributed by atoms with E-state index in [2.05, 4.69) is 12.2 Å². The molecule has 1 N–H and O–H groups in total. The lowest BCUT2D eigenvalue weighted by atomic mass is 9.98. The third-order valence-corrected chi connectivity index (χ3v) is 3.48. The van der Waals surface area contributed by atoms with E-state index in [1.165, 1.54) is 0 Å². The van der Waals surface area contributed by atoms with Crippen LogP contribution in [0.4, 0.5) is 0 Å². The Balaban J connectivity index is 2.34. The van der Waals surface area contributed by atoms with E-state index < -0.39 is 0 Å². The highest BCUT2D eigenvalue weighted by Gasteiger charge is 2.21. The maximum atomic E-state index is 5.52. The number of methoxy groups -OCH3 is 2. The summed E-state index contributed by atoms with van der Waals surface area (Å²) in [6.07, 6.45) is 5.38. The topological polar surface area (TPSA) is 43.6 Å².